The summed E-state index contributed by atoms with van der Waals surface area (Å²) >= 11 is 5.92. The van der Waals surface area contributed by atoms with E-state index in [2.05, 4.69) is 25.1 Å². The zero-order chi connectivity index (χ0) is 18.6. The molecule has 1 aromatic heterocycles. The highest BCUT2D eigenvalue weighted by Gasteiger charge is 2.18. The van der Waals surface area contributed by atoms with E-state index in [1.807, 2.05) is 42.5 Å². The number of benzene rings is 2. The highest BCUT2D eigenvalue weighted by Crippen LogP contribution is 2.22. The van der Waals surface area contributed by atoms with Crippen molar-refractivity contribution < 1.29 is 4.39 Å². The molecule has 4 rings (SSSR count). The van der Waals surface area contributed by atoms with Gasteiger partial charge in [0.15, 0.2) is 0 Å². The number of piperazine rings is 1. The van der Waals surface area contributed by atoms with Crippen molar-refractivity contribution in [3.8, 4) is 0 Å². The Labute approximate surface area is 162 Å². The Morgan fingerprint density at radius 1 is 0.852 bits per heavy atom. The molecule has 1 saturated heterocycles. The van der Waals surface area contributed by atoms with Gasteiger partial charge in [0.1, 0.15) is 23.8 Å². The van der Waals surface area contributed by atoms with Gasteiger partial charge in [-0.3, -0.25) is 0 Å². The fraction of sp³-hybridized carbons (Fsp3) is 0.200. The lowest BCUT2D eigenvalue weighted by Gasteiger charge is -2.36. The molecule has 1 fully saturated rings. The third kappa shape index (κ3) is 4.28. The molecule has 1 N–H and O–H groups in total. The molecule has 2 heterocycles. The molecule has 7 heteroatoms. The average molecular weight is 384 g/mol. The van der Waals surface area contributed by atoms with Crippen LogP contribution in [0.4, 0.5) is 27.4 Å². The van der Waals surface area contributed by atoms with E-state index in [1.165, 1.54) is 12.1 Å². The molecule has 27 heavy (non-hydrogen) atoms. The molecule has 0 saturated carbocycles. The van der Waals surface area contributed by atoms with E-state index < -0.39 is 0 Å². The maximum absolute atomic E-state index is 13.1. The number of hydrogen-bond donors (Lipinski definition) is 1. The second-order valence-corrected chi connectivity index (χ2v) is 6.78. The van der Waals surface area contributed by atoms with Crippen LogP contribution in [0.25, 0.3) is 0 Å². The molecule has 3 aromatic rings. The average Bonchev–Trinajstić information content (AvgIpc) is 2.71. The first-order valence-corrected chi connectivity index (χ1v) is 9.15. The molecule has 0 aliphatic carbocycles. The number of rotatable bonds is 4. The van der Waals surface area contributed by atoms with E-state index in [4.69, 9.17) is 11.6 Å². The summed E-state index contributed by atoms with van der Waals surface area (Å²) in [5, 5.41) is 3.97. The number of nitrogens with zero attached hydrogens (tertiary/aromatic N) is 4. The van der Waals surface area contributed by atoms with Gasteiger partial charge in [0.25, 0.3) is 0 Å². The molecular weight excluding hydrogens is 365 g/mol. The van der Waals surface area contributed by atoms with Crippen molar-refractivity contribution in [2.75, 3.05) is 41.3 Å². The normalized spacial score (nSPS) is 14.3. The standard InChI is InChI=1S/C20H19ClFN5/c21-15-1-5-17(6-2-15)25-19-13-20(24-14-23-19)27-11-9-26(10-12-27)18-7-3-16(22)4-8-18/h1-8,13-14H,9-12H2,(H,23,24,25). The first-order chi connectivity index (χ1) is 13.2. The summed E-state index contributed by atoms with van der Waals surface area (Å²) < 4.78 is 13.1. The van der Waals surface area contributed by atoms with Crippen LogP contribution >= 0.6 is 11.6 Å². The second-order valence-electron chi connectivity index (χ2n) is 6.34. The number of aromatic nitrogens is 2. The van der Waals surface area contributed by atoms with Gasteiger partial charge in [-0.05, 0) is 48.5 Å². The van der Waals surface area contributed by atoms with Gasteiger partial charge in [-0.25, -0.2) is 14.4 Å². The number of halogens is 2. The zero-order valence-corrected chi connectivity index (χ0v) is 15.4. The van der Waals surface area contributed by atoms with E-state index >= 15 is 0 Å². The Balaban J connectivity index is 1.41. The van der Waals surface area contributed by atoms with Crippen LogP contribution in [0.3, 0.4) is 0 Å². The zero-order valence-electron chi connectivity index (χ0n) is 14.6. The highest BCUT2D eigenvalue weighted by molar-refractivity contribution is 6.30. The fourth-order valence-electron chi connectivity index (χ4n) is 3.12. The van der Waals surface area contributed by atoms with Gasteiger partial charge < -0.3 is 15.1 Å². The molecule has 0 bridgehead atoms. The van der Waals surface area contributed by atoms with Crippen molar-refractivity contribution in [3.05, 3.63) is 71.8 Å². The van der Waals surface area contributed by atoms with Crippen molar-refractivity contribution >= 4 is 34.6 Å². The predicted octanol–water partition coefficient (Wildman–Crippen LogP) is 4.34. The Kier molecular flexibility index (Phi) is 5.07. The van der Waals surface area contributed by atoms with Gasteiger partial charge in [-0.2, -0.15) is 0 Å². The predicted molar refractivity (Wildman–Crippen MR) is 108 cm³/mol. The smallest absolute Gasteiger partial charge is 0.135 e. The van der Waals surface area contributed by atoms with E-state index in [0.29, 0.717) is 5.02 Å². The van der Waals surface area contributed by atoms with E-state index in [-0.39, 0.29) is 5.82 Å². The van der Waals surface area contributed by atoms with Crippen molar-refractivity contribution in [1.82, 2.24) is 9.97 Å². The molecule has 0 unspecified atom stereocenters. The largest absolute Gasteiger partial charge is 0.368 e. The van der Waals surface area contributed by atoms with Gasteiger partial charge in [0, 0.05) is 48.6 Å². The van der Waals surface area contributed by atoms with Crippen LogP contribution in [0.5, 0.6) is 0 Å². The van der Waals surface area contributed by atoms with Gasteiger partial charge in [-0.15, -0.1) is 0 Å². The lowest BCUT2D eigenvalue weighted by atomic mass is 10.2. The highest BCUT2D eigenvalue weighted by atomic mass is 35.5. The monoisotopic (exact) mass is 383 g/mol. The quantitative estimate of drug-likeness (QED) is 0.726. The molecule has 1 aliphatic heterocycles. The minimum atomic E-state index is -0.209. The summed E-state index contributed by atoms with van der Waals surface area (Å²) in [7, 11) is 0. The fourth-order valence-corrected chi connectivity index (χ4v) is 3.24. The molecule has 1 aliphatic rings. The van der Waals surface area contributed by atoms with E-state index in [1.54, 1.807) is 6.33 Å². The van der Waals surface area contributed by atoms with Gasteiger partial charge in [0.05, 0.1) is 0 Å². The SMILES string of the molecule is Fc1ccc(N2CCN(c3cc(Nc4ccc(Cl)cc4)ncn3)CC2)cc1. The second kappa shape index (κ2) is 7.80. The molecule has 0 radical (unpaired) electrons. The lowest BCUT2D eigenvalue weighted by molar-refractivity contribution is 0.624. The molecule has 5 nitrogen and oxygen atoms in total. The van der Waals surface area contributed by atoms with Crippen molar-refractivity contribution in [2.24, 2.45) is 0 Å². The summed E-state index contributed by atoms with van der Waals surface area (Å²) in [6, 6.07) is 16.1. The molecule has 2 aromatic carbocycles. The van der Waals surface area contributed by atoms with Crippen LogP contribution in [0.1, 0.15) is 0 Å². The first-order valence-electron chi connectivity index (χ1n) is 8.77. The molecule has 0 spiro atoms. The first kappa shape index (κ1) is 17.5. The Bertz CT molecular complexity index is 893. The van der Waals surface area contributed by atoms with Crippen LogP contribution in [-0.2, 0) is 0 Å². The van der Waals surface area contributed by atoms with Gasteiger partial charge >= 0.3 is 0 Å². The van der Waals surface area contributed by atoms with Crippen molar-refractivity contribution in [1.29, 1.82) is 0 Å². The molecule has 0 atom stereocenters. The minimum Gasteiger partial charge on any atom is -0.368 e. The minimum absolute atomic E-state index is 0.209. The van der Waals surface area contributed by atoms with Crippen LogP contribution in [0, 0.1) is 5.82 Å². The third-order valence-electron chi connectivity index (χ3n) is 4.56. The summed E-state index contributed by atoms with van der Waals surface area (Å²) in [6.45, 7) is 3.40. The topological polar surface area (TPSA) is 44.3 Å². The third-order valence-corrected chi connectivity index (χ3v) is 4.82. The van der Waals surface area contributed by atoms with Crippen LogP contribution < -0.4 is 15.1 Å². The van der Waals surface area contributed by atoms with E-state index in [0.717, 1.165) is 49.2 Å². The number of nitrogens with one attached hydrogen (secondary N) is 1. The molecular formula is C20H19ClFN5. The lowest BCUT2D eigenvalue weighted by Crippen LogP contribution is -2.46. The van der Waals surface area contributed by atoms with Crippen molar-refractivity contribution in [2.45, 2.75) is 0 Å². The summed E-state index contributed by atoms with van der Waals surface area (Å²) in [6.07, 6.45) is 1.57. The van der Waals surface area contributed by atoms with Crippen LogP contribution in [-0.4, -0.2) is 36.1 Å². The summed E-state index contributed by atoms with van der Waals surface area (Å²) in [5.41, 5.74) is 1.97. The van der Waals surface area contributed by atoms with Gasteiger partial charge in [0.2, 0.25) is 0 Å². The summed E-state index contributed by atoms with van der Waals surface area (Å²) in [4.78, 5) is 13.2. The molecule has 0 amide bonds. The Morgan fingerprint density at radius 3 is 2.22 bits per heavy atom. The summed E-state index contributed by atoms with van der Waals surface area (Å²) in [5.74, 6) is 1.42. The maximum atomic E-state index is 13.1. The van der Waals surface area contributed by atoms with E-state index in [9.17, 15) is 4.39 Å². The molecule has 138 valence electrons. The number of hydrogen-bond acceptors (Lipinski definition) is 5. The van der Waals surface area contributed by atoms with Gasteiger partial charge in [-0.1, -0.05) is 11.6 Å². The maximum Gasteiger partial charge on any atom is 0.135 e. The number of anilines is 4. The van der Waals surface area contributed by atoms with Crippen molar-refractivity contribution in [3.63, 3.8) is 0 Å². The van der Waals surface area contributed by atoms with Crippen LogP contribution in [0.2, 0.25) is 5.02 Å². The Morgan fingerprint density at radius 2 is 1.52 bits per heavy atom. The Hall–Kier alpha value is -2.86. The van der Waals surface area contributed by atoms with Crippen LogP contribution in [0.15, 0.2) is 60.9 Å².